The first-order chi connectivity index (χ1) is 17.1. The Morgan fingerprint density at radius 1 is 1.03 bits per heavy atom. The lowest BCUT2D eigenvalue weighted by molar-refractivity contribution is 0.579. The van der Waals surface area contributed by atoms with E-state index in [4.69, 9.17) is 4.98 Å². The summed E-state index contributed by atoms with van der Waals surface area (Å²) >= 11 is 0. The minimum absolute atomic E-state index is 0.227. The fourth-order valence-corrected chi connectivity index (χ4v) is 4.85. The zero-order valence-electron chi connectivity index (χ0n) is 19.8. The molecule has 0 radical (unpaired) electrons. The quantitative estimate of drug-likeness (QED) is 0.313. The molecule has 1 saturated heterocycles. The number of rotatable bonds is 5. The van der Waals surface area contributed by atoms with Gasteiger partial charge in [0.25, 0.3) is 0 Å². The zero-order valence-corrected chi connectivity index (χ0v) is 19.8. The van der Waals surface area contributed by atoms with E-state index in [2.05, 4.69) is 41.4 Å². The topological polar surface area (TPSA) is 98.4 Å². The van der Waals surface area contributed by atoms with Crippen LogP contribution in [0, 0.1) is 5.82 Å². The van der Waals surface area contributed by atoms with E-state index in [1.54, 1.807) is 18.6 Å². The molecule has 4 aromatic heterocycles. The Kier molecular flexibility index (Phi) is 5.32. The number of hydrogen-bond acceptors (Lipinski definition) is 6. The Hall–Kier alpha value is -4.01. The number of para-hydroxylation sites is 1. The third kappa shape index (κ3) is 3.86. The summed E-state index contributed by atoms with van der Waals surface area (Å²) in [7, 11) is 0. The predicted molar refractivity (Wildman–Crippen MR) is 137 cm³/mol. The second kappa shape index (κ2) is 8.65. The smallest absolute Gasteiger partial charge is 0.161 e. The number of hydrogen-bond donors (Lipinski definition) is 3. The molecule has 9 heteroatoms. The zero-order chi connectivity index (χ0) is 23.9. The van der Waals surface area contributed by atoms with E-state index in [1.807, 2.05) is 32.0 Å². The Morgan fingerprint density at radius 2 is 1.89 bits per heavy atom. The van der Waals surface area contributed by atoms with Crippen LogP contribution in [-0.4, -0.2) is 49.3 Å². The predicted octanol–water partition coefficient (Wildman–Crippen LogP) is 5.51. The molecule has 0 spiro atoms. The fourth-order valence-electron chi connectivity index (χ4n) is 4.85. The summed E-state index contributed by atoms with van der Waals surface area (Å²) in [6.07, 6.45) is 8.57. The molecule has 0 atom stereocenters. The van der Waals surface area contributed by atoms with Gasteiger partial charge in [0.2, 0.25) is 0 Å². The normalized spacial score (nSPS) is 14.3. The van der Waals surface area contributed by atoms with E-state index in [-0.39, 0.29) is 11.7 Å². The molecule has 0 amide bonds. The molecule has 8 nitrogen and oxygen atoms in total. The number of aromatic amines is 2. The van der Waals surface area contributed by atoms with Gasteiger partial charge in [0.1, 0.15) is 16.9 Å². The van der Waals surface area contributed by atoms with Crippen LogP contribution in [-0.2, 0) is 0 Å². The monoisotopic (exact) mass is 470 g/mol. The van der Waals surface area contributed by atoms with E-state index >= 15 is 4.39 Å². The van der Waals surface area contributed by atoms with Crippen LogP contribution >= 0.6 is 0 Å². The number of nitrogens with zero attached hydrogens (tertiary/aromatic N) is 5. The van der Waals surface area contributed by atoms with E-state index in [9.17, 15) is 0 Å². The third-order valence-electron chi connectivity index (χ3n) is 6.42. The number of H-pyrrole nitrogens is 2. The first-order valence-electron chi connectivity index (χ1n) is 12.1. The SMILES string of the molecule is CC(C)Nc1cncc(-c2ncc3[nH]nc(-c4nc5c(N6CCCCC6)cccc5[nH]4)c3c2F)c1. The number of imidazole rings is 1. The van der Waals surface area contributed by atoms with E-state index in [0.29, 0.717) is 28.0 Å². The van der Waals surface area contributed by atoms with Crippen LogP contribution in [0.2, 0.25) is 0 Å². The average Bonchev–Trinajstić information content (AvgIpc) is 3.49. The molecule has 1 fully saturated rings. The number of aromatic nitrogens is 6. The van der Waals surface area contributed by atoms with Crippen LogP contribution in [0.25, 0.3) is 44.7 Å². The lowest BCUT2D eigenvalue weighted by Crippen LogP contribution is -2.29. The maximum atomic E-state index is 15.9. The Bertz CT molecular complexity index is 1510. The van der Waals surface area contributed by atoms with E-state index in [0.717, 1.165) is 35.5 Å². The Balaban J connectivity index is 1.45. The number of piperidine rings is 1. The number of anilines is 2. The highest BCUT2D eigenvalue weighted by Gasteiger charge is 2.22. The fraction of sp³-hybridized carbons (Fsp3) is 0.308. The van der Waals surface area contributed by atoms with Crippen molar-refractivity contribution >= 4 is 33.3 Å². The molecule has 1 aromatic carbocycles. The third-order valence-corrected chi connectivity index (χ3v) is 6.42. The lowest BCUT2D eigenvalue weighted by Gasteiger charge is -2.28. The van der Waals surface area contributed by atoms with Gasteiger partial charge in [-0.25, -0.2) is 9.37 Å². The molecule has 6 rings (SSSR count). The van der Waals surface area contributed by atoms with Crippen molar-refractivity contribution in [2.45, 2.75) is 39.2 Å². The molecule has 1 aliphatic heterocycles. The average molecular weight is 471 g/mol. The Morgan fingerprint density at radius 3 is 2.71 bits per heavy atom. The van der Waals surface area contributed by atoms with Crippen LogP contribution in [0.4, 0.5) is 15.8 Å². The number of halogens is 1. The van der Waals surface area contributed by atoms with Crippen LogP contribution < -0.4 is 10.2 Å². The van der Waals surface area contributed by atoms with Gasteiger partial charge in [-0.05, 0) is 51.3 Å². The molecule has 0 unspecified atom stereocenters. The molecular weight excluding hydrogens is 443 g/mol. The van der Waals surface area contributed by atoms with Crippen LogP contribution in [0.3, 0.4) is 0 Å². The summed E-state index contributed by atoms with van der Waals surface area (Å²) < 4.78 is 15.9. The van der Waals surface area contributed by atoms with Crippen LogP contribution in [0.5, 0.6) is 0 Å². The summed E-state index contributed by atoms with van der Waals surface area (Å²) in [5.41, 5.74) is 5.48. The first-order valence-corrected chi connectivity index (χ1v) is 12.1. The highest BCUT2D eigenvalue weighted by molar-refractivity contribution is 5.97. The molecule has 0 saturated carbocycles. The Labute approximate surface area is 202 Å². The van der Waals surface area contributed by atoms with Crippen LogP contribution in [0.1, 0.15) is 33.1 Å². The van der Waals surface area contributed by atoms with Gasteiger partial charge in [0, 0.05) is 37.1 Å². The van der Waals surface area contributed by atoms with Gasteiger partial charge in [-0.2, -0.15) is 5.10 Å². The second-order valence-electron chi connectivity index (χ2n) is 9.35. The summed E-state index contributed by atoms with van der Waals surface area (Å²) in [4.78, 5) is 19.3. The second-order valence-corrected chi connectivity index (χ2v) is 9.35. The molecule has 178 valence electrons. The maximum absolute atomic E-state index is 15.9. The molecule has 0 aliphatic carbocycles. The molecule has 3 N–H and O–H groups in total. The van der Waals surface area contributed by atoms with E-state index < -0.39 is 5.82 Å². The lowest BCUT2D eigenvalue weighted by atomic mass is 10.1. The van der Waals surface area contributed by atoms with Gasteiger partial charge >= 0.3 is 0 Å². The van der Waals surface area contributed by atoms with Gasteiger partial charge in [-0.15, -0.1) is 0 Å². The molecule has 5 aromatic rings. The largest absolute Gasteiger partial charge is 0.382 e. The summed E-state index contributed by atoms with van der Waals surface area (Å²) in [6.45, 7) is 6.13. The first kappa shape index (κ1) is 21.5. The summed E-state index contributed by atoms with van der Waals surface area (Å²) in [6, 6.07) is 8.22. The molecular formula is C26H27FN8. The molecule has 1 aliphatic rings. The van der Waals surface area contributed by atoms with Crippen molar-refractivity contribution in [3.8, 4) is 22.8 Å². The number of fused-ring (bicyclic) bond motifs is 2. The van der Waals surface area contributed by atoms with Crippen molar-refractivity contribution in [1.29, 1.82) is 0 Å². The van der Waals surface area contributed by atoms with Gasteiger partial charge in [-0.1, -0.05) is 6.07 Å². The van der Waals surface area contributed by atoms with Crippen molar-refractivity contribution < 1.29 is 4.39 Å². The highest BCUT2D eigenvalue weighted by Crippen LogP contribution is 2.35. The van der Waals surface area contributed by atoms with Crippen molar-refractivity contribution in [1.82, 2.24) is 30.1 Å². The minimum Gasteiger partial charge on any atom is -0.382 e. The maximum Gasteiger partial charge on any atom is 0.161 e. The minimum atomic E-state index is -0.452. The summed E-state index contributed by atoms with van der Waals surface area (Å²) in [5, 5.41) is 11.0. The molecule has 0 bridgehead atoms. The number of pyridine rings is 2. The van der Waals surface area contributed by atoms with Crippen molar-refractivity contribution in [3.63, 3.8) is 0 Å². The summed E-state index contributed by atoms with van der Waals surface area (Å²) in [5.74, 6) is 0.0755. The standard InChI is InChI=1S/C26H27FN8/c1-15(2)30-17-11-16(12-28-13-17)23-22(27)21-19(14-29-23)33-34-25(21)26-31-18-7-6-8-20(24(18)32-26)35-9-4-3-5-10-35/h6-8,11-15,30H,3-5,9-10H2,1-2H3,(H,31,32)(H,33,34). The van der Waals surface area contributed by atoms with Gasteiger partial charge < -0.3 is 15.2 Å². The van der Waals surface area contributed by atoms with Gasteiger partial charge in [-0.3, -0.25) is 15.1 Å². The number of benzene rings is 1. The molecule has 35 heavy (non-hydrogen) atoms. The highest BCUT2D eigenvalue weighted by atomic mass is 19.1. The van der Waals surface area contributed by atoms with E-state index in [1.165, 1.54) is 19.3 Å². The van der Waals surface area contributed by atoms with Gasteiger partial charge in [0.05, 0.1) is 34.0 Å². The van der Waals surface area contributed by atoms with Gasteiger partial charge in [0.15, 0.2) is 11.6 Å². The van der Waals surface area contributed by atoms with Crippen molar-refractivity contribution in [2.75, 3.05) is 23.3 Å². The van der Waals surface area contributed by atoms with Crippen molar-refractivity contribution in [2.24, 2.45) is 0 Å². The van der Waals surface area contributed by atoms with Crippen molar-refractivity contribution in [3.05, 3.63) is 48.7 Å². The molecule has 5 heterocycles. The van der Waals surface area contributed by atoms with Crippen LogP contribution in [0.15, 0.2) is 42.9 Å². The number of nitrogens with one attached hydrogen (secondary N) is 3.